The number of aromatic nitrogens is 3. The minimum absolute atomic E-state index is 0.0261. The summed E-state index contributed by atoms with van der Waals surface area (Å²) in [5.74, 6) is 0.864. The maximum absolute atomic E-state index is 13.0. The van der Waals surface area contributed by atoms with E-state index in [1.165, 1.54) is 0 Å². The van der Waals surface area contributed by atoms with Crippen LogP contribution < -0.4 is 4.74 Å². The number of methoxy groups -OCH3 is 1. The fraction of sp³-hybridized carbons (Fsp3) is 0.240. The first-order chi connectivity index (χ1) is 15.6. The summed E-state index contributed by atoms with van der Waals surface area (Å²) in [4.78, 5) is 26.1. The van der Waals surface area contributed by atoms with Crippen molar-refractivity contribution in [3.8, 4) is 17.0 Å². The molecule has 1 amide bonds. The third-order valence-corrected chi connectivity index (χ3v) is 6.10. The van der Waals surface area contributed by atoms with E-state index in [1.54, 1.807) is 31.6 Å². The molecule has 162 valence electrons. The lowest BCUT2D eigenvalue weighted by atomic mass is 10.1. The maximum Gasteiger partial charge on any atom is 0.254 e. The summed E-state index contributed by atoms with van der Waals surface area (Å²) in [6.07, 6.45) is 5.41. The van der Waals surface area contributed by atoms with Crippen molar-refractivity contribution in [2.24, 2.45) is 0 Å². The lowest BCUT2D eigenvalue weighted by Crippen LogP contribution is -2.49. The molecule has 0 spiro atoms. The molecule has 1 aliphatic heterocycles. The number of imidazole rings is 1. The summed E-state index contributed by atoms with van der Waals surface area (Å²) in [7, 11) is 3.76. The summed E-state index contributed by atoms with van der Waals surface area (Å²) in [6, 6.07) is 17.7. The number of amides is 1. The zero-order chi connectivity index (χ0) is 22.1. The summed E-state index contributed by atoms with van der Waals surface area (Å²) < 4.78 is 7.41. The van der Waals surface area contributed by atoms with Gasteiger partial charge in [-0.3, -0.25) is 19.1 Å². The van der Waals surface area contributed by atoms with Crippen molar-refractivity contribution in [2.45, 2.75) is 6.04 Å². The Balaban J connectivity index is 1.46. The Morgan fingerprint density at radius 3 is 2.56 bits per heavy atom. The SMILES string of the molecule is COc1ccc(-c2cccc3nc([C@H]4CN(C(=O)c5ccncc5)CCN4C)cn23)cc1. The molecule has 4 aromatic rings. The minimum Gasteiger partial charge on any atom is -0.497 e. The Bertz CT molecular complexity index is 1240. The highest BCUT2D eigenvalue weighted by atomic mass is 16.5. The molecule has 1 fully saturated rings. The van der Waals surface area contributed by atoms with E-state index in [0.717, 1.165) is 34.9 Å². The Hall–Kier alpha value is -3.71. The van der Waals surface area contributed by atoms with Crippen molar-refractivity contribution in [3.63, 3.8) is 0 Å². The molecule has 4 heterocycles. The van der Waals surface area contributed by atoms with Crippen molar-refractivity contribution in [1.82, 2.24) is 24.2 Å². The first-order valence-corrected chi connectivity index (χ1v) is 10.7. The number of rotatable bonds is 4. The van der Waals surface area contributed by atoms with Gasteiger partial charge in [0, 0.05) is 43.8 Å². The van der Waals surface area contributed by atoms with Crippen LogP contribution in [0, 0.1) is 0 Å². The van der Waals surface area contributed by atoms with Crippen LogP contribution in [0.2, 0.25) is 0 Å². The van der Waals surface area contributed by atoms with Gasteiger partial charge in [-0.15, -0.1) is 0 Å². The largest absolute Gasteiger partial charge is 0.497 e. The molecule has 1 saturated heterocycles. The standard InChI is InChI=1S/C25H25N5O2/c1-28-14-15-29(25(31)19-10-12-26-13-11-19)17-23(28)21-16-30-22(4-3-5-24(30)27-21)18-6-8-20(32-2)9-7-18/h3-13,16,23H,14-15,17H2,1-2H3/t23-/m1/s1. The van der Waals surface area contributed by atoms with E-state index in [0.29, 0.717) is 18.7 Å². The van der Waals surface area contributed by atoms with Crippen molar-refractivity contribution < 1.29 is 9.53 Å². The zero-order valence-electron chi connectivity index (χ0n) is 18.2. The first-order valence-electron chi connectivity index (χ1n) is 10.7. The number of likely N-dealkylation sites (N-methyl/N-ethyl adjacent to an activating group) is 1. The van der Waals surface area contributed by atoms with Crippen LogP contribution in [-0.2, 0) is 0 Å². The zero-order valence-corrected chi connectivity index (χ0v) is 18.2. The van der Waals surface area contributed by atoms with Gasteiger partial charge in [-0.2, -0.15) is 0 Å². The number of piperazine rings is 1. The van der Waals surface area contributed by atoms with Crippen LogP contribution in [0.15, 0.2) is 73.2 Å². The molecule has 32 heavy (non-hydrogen) atoms. The number of ether oxygens (including phenoxy) is 1. The van der Waals surface area contributed by atoms with E-state index in [1.807, 2.05) is 29.2 Å². The van der Waals surface area contributed by atoms with Gasteiger partial charge < -0.3 is 9.64 Å². The monoisotopic (exact) mass is 427 g/mol. The van der Waals surface area contributed by atoms with Gasteiger partial charge in [-0.1, -0.05) is 6.07 Å². The Labute approximate surface area is 186 Å². The maximum atomic E-state index is 13.0. The molecular formula is C25H25N5O2. The van der Waals surface area contributed by atoms with E-state index < -0.39 is 0 Å². The number of carbonyl (C=O) groups is 1. The molecule has 0 N–H and O–H groups in total. The fourth-order valence-electron chi connectivity index (χ4n) is 4.24. The average Bonchev–Trinajstić information content (AvgIpc) is 3.29. The molecule has 0 bridgehead atoms. The minimum atomic E-state index is 0.0261. The predicted molar refractivity (Wildman–Crippen MR) is 123 cm³/mol. The molecule has 1 aromatic carbocycles. The summed E-state index contributed by atoms with van der Waals surface area (Å²) in [5.41, 5.74) is 4.67. The van der Waals surface area contributed by atoms with E-state index in [-0.39, 0.29) is 11.9 Å². The number of fused-ring (bicyclic) bond motifs is 1. The van der Waals surface area contributed by atoms with Crippen molar-refractivity contribution in [3.05, 3.63) is 84.4 Å². The highest BCUT2D eigenvalue weighted by Gasteiger charge is 2.30. The number of carbonyl (C=O) groups excluding carboxylic acids is 1. The molecular weight excluding hydrogens is 402 g/mol. The van der Waals surface area contributed by atoms with Crippen LogP contribution in [0.4, 0.5) is 0 Å². The Morgan fingerprint density at radius 1 is 1.03 bits per heavy atom. The van der Waals surface area contributed by atoms with Crippen molar-refractivity contribution >= 4 is 11.6 Å². The second-order valence-corrected chi connectivity index (χ2v) is 8.02. The molecule has 0 radical (unpaired) electrons. The second-order valence-electron chi connectivity index (χ2n) is 8.02. The highest BCUT2D eigenvalue weighted by molar-refractivity contribution is 5.94. The van der Waals surface area contributed by atoms with Gasteiger partial charge in [0.2, 0.25) is 0 Å². The molecule has 0 unspecified atom stereocenters. The van der Waals surface area contributed by atoms with Crippen LogP contribution in [0.25, 0.3) is 16.9 Å². The van der Waals surface area contributed by atoms with E-state index in [2.05, 4.69) is 45.7 Å². The average molecular weight is 428 g/mol. The Kier molecular flexibility index (Phi) is 5.33. The van der Waals surface area contributed by atoms with Gasteiger partial charge in [0.25, 0.3) is 5.91 Å². The van der Waals surface area contributed by atoms with Gasteiger partial charge in [0.1, 0.15) is 11.4 Å². The topological polar surface area (TPSA) is 63.0 Å². The molecule has 3 aromatic heterocycles. The summed E-state index contributed by atoms with van der Waals surface area (Å²) in [5, 5.41) is 0. The molecule has 5 rings (SSSR count). The molecule has 0 aliphatic carbocycles. The van der Waals surface area contributed by atoms with Crippen molar-refractivity contribution in [1.29, 1.82) is 0 Å². The van der Waals surface area contributed by atoms with Gasteiger partial charge in [0.15, 0.2) is 0 Å². The van der Waals surface area contributed by atoms with E-state index in [4.69, 9.17) is 9.72 Å². The van der Waals surface area contributed by atoms with Crippen LogP contribution in [0.1, 0.15) is 22.1 Å². The normalized spacial score (nSPS) is 16.9. The third kappa shape index (κ3) is 3.71. The molecule has 1 atom stereocenters. The number of benzene rings is 1. The van der Waals surface area contributed by atoms with Crippen LogP contribution >= 0.6 is 0 Å². The van der Waals surface area contributed by atoms with Crippen LogP contribution in [0.5, 0.6) is 5.75 Å². The van der Waals surface area contributed by atoms with Gasteiger partial charge in [0.05, 0.1) is 24.5 Å². The van der Waals surface area contributed by atoms with Gasteiger partial charge in [-0.25, -0.2) is 4.98 Å². The molecule has 7 heteroatoms. The van der Waals surface area contributed by atoms with Gasteiger partial charge >= 0.3 is 0 Å². The number of hydrogen-bond acceptors (Lipinski definition) is 5. The third-order valence-electron chi connectivity index (χ3n) is 6.10. The lowest BCUT2D eigenvalue weighted by Gasteiger charge is -2.38. The van der Waals surface area contributed by atoms with Crippen LogP contribution in [0.3, 0.4) is 0 Å². The fourth-order valence-corrected chi connectivity index (χ4v) is 4.24. The number of hydrogen-bond donors (Lipinski definition) is 0. The summed E-state index contributed by atoms with van der Waals surface area (Å²) >= 11 is 0. The molecule has 0 saturated carbocycles. The first kappa shape index (κ1) is 20.2. The smallest absolute Gasteiger partial charge is 0.254 e. The quantitative estimate of drug-likeness (QED) is 0.499. The van der Waals surface area contributed by atoms with Gasteiger partial charge in [-0.05, 0) is 61.1 Å². The number of nitrogens with zero attached hydrogens (tertiary/aromatic N) is 5. The summed E-state index contributed by atoms with van der Waals surface area (Å²) in [6.45, 7) is 2.08. The Morgan fingerprint density at radius 2 is 1.81 bits per heavy atom. The highest BCUT2D eigenvalue weighted by Crippen LogP contribution is 2.28. The predicted octanol–water partition coefficient (Wildman–Crippen LogP) is 3.53. The van der Waals surface area contributed by atoms with Crippen molar-refractivity contribution in [2.75, 3.05) is 33.8 Å². The number of pyridine rings is 2. The lowest BCUT2D eigenvalue weighted by molar-refractivity contribution is 0.0541. The van der Waals surface area contributed by atoms with E-state index in [9.17, 15) is 4.79 Å². The van der Waals surface area contributed by atoms with Crippen LogP contribution in [-0.4, -0.2) is 63.9 Å². The molecule has 7 nitrogen and oxygen atoms in total. The van der Waals surface area contributed by atoms with E-state index >= 15 is 0 Å². The molecule has 1 aliphatic rings. The second kappa shape index (κ2) is 8.43.